The molecule has 1 atom stereocenters. The van der Waals surface area contributed by atoms with Crippen molar-refractivity contribution >= 4 is 0 Å². The van der Waals surface area contributed by atoms with Gasteiger partial charge in [0.05, 0.1) is 17.4 Å². The van der Waals surface area contributed by atoms with Crippen molar-refractivity contribution in [2.24, 2.45) is 5.73 Å². The largest absolute Gasteiger partial charge is 0.319 e. The predicted molar refractivity (Wildman–Crippen MR) is 69.7 cm³/mol. The van der Waals surface area contributed by atoms with Gasteiger partial charge in [-0.05, 0) is 37.1 Å². The molecule has 1 unspecified atom stereocenters. The summed E-state index contributed by atoms with van der Waals surface area (Å²) < 4.78 is 15.1. The summed E-state index contributed by atoms with van der Waals surface area (Å²) in [5, 5.41) is 4.46. The number of aromatic nitrogens is 2. The van der Waals surface area contributed by atoms with Gasteiger partial charge in [0.1, 0.15) is 5.82 Å². The van der Waals surface area contributed by atoms with Gasteiger partial charge in [-0.25, -0.2) is 4.39 Å². The van der Waals surface area contributed by atoms with Gasteiger partial charge in [0.25, 0.3) is 0 Å². The first-order valence-corrected chi connectivity index (χ1v) is 6.23. The van der Waals surface area contributed by atoms with Crippen LogP contribution >= 0.6 is 0 Å². The van der Waals surface area contributed by atoms with Crippen LogP contribution in [0.15, 0.2) is 30.3 Å². The Morgan fingerprint density at radius 2 is 2.11 bits per heavy atom. The van der Waals surface area contributed by atoms with E-state index >= 15 is 0 Å². The van der Waals surface area contributed by atoms with Gasteiger partial charge in [0.15, 0.2) is 0 Å². The lowest BCUT2D eigenvalue weighted by Crippen LogP contribution is -2.17. The van der Waals surface area contributed by atoms with Crippen molar-refractivity contribution in [3.05, 3.63) is 53.1 Å². The van der Waals surface area contributed by atoms with E-state index in [2.05, 4.69) is 12.0 Å². The van der Waals surface area contributed by atoms with Gasteiger partial charge in [-0.2, -0.15) is 5.10 Å². The molecule has 96 valence electrons. The minimum atomic E-state index is -0.339. The Hall–Kier alpha value is -1.68. The molecule has 3 nitrogen and oxygen atoms in total. The summed E-state index contributed by atoms with van der Waals surface area (Å²) in [7, 11) is 0. The Labute approximate surface area is 106 Å². The van der Waals surface area contributed by atoms with E-state index in [0.717, 1.165) is 29.9 Å². The van der Waals surface area contributed by atoms with Crippen molar-refractivity contribution in [2.75, 3.05) is 0 Å². The highest BCUT2D eigenvalue weighted by Gasteiger charge is 2.15. The monoisotopic (exact) mass is 247 g/mol. The first kappa shape index (κ1) is 12.8. The van der Waals surface area contributed by atoms with Crippen molar-refractivity contribution in [1.29, 1.82) is 0 Å². The minimum absolute atomic E-state index is 0.263. The second kappa shape index (κ2) is 5.31. The molecule has 1 aromatic carbocycles. The Morgan fingerprint density at radius 3 is 2.72 bits per heavy atom. The minimum Gasteiger partial charge on any atom is -0.319 e. The number of aryl methyl sites for hydroxylation is 2. The van der Waals surface area contributed by atoms with Gasteiger partial charge < -0.3 is 5.73 Å². The summed E-state index contributed by atoms with van der Waals surface area (Å²) in [6.45, 7) is 4.84. The van der Waals surface area contributed by atoms with E-state index in [1.165, 1.54) is 12.1 Å². The van der Waals surface area contributed by atoms with Crippen LogP contribution in [0.1, 0.15) is 36.8 Å². The highest BCUT2D eigenvalue weighted by molar-refractivity contribution is 5.29. The van der Waals surface area contributed by atoms with Crippen LogP contribution in [0.5, 0.6) is 0 Å². The number of hydrogen-bond donors (Lipinski definition) is 1. The smallest absolute Gasteiger partial charge is 0.123 e. The molecule has 0 amide bonds. The predicted octanol–water partition coefficient (Wildman–Crippen LogP) is 2.65. The zero-order chi connectivity index (χ0) is 13.1. The van der Waals surface area contributed by atoms with Crippen LogP contribution in [-0.2, 0) is 13.0 Å². The zero-order valence-corrected chi connectivity index (χ0v) is 10.7. The van der Waals surface area contributed by atoms with E-state index in [1.54, 1.807) is 6.07 Å². The summed E-state index contributed by atoms with van der Waals surface area (Å²) in [5.41, 5.74) is 8.92. The van der Waals surface area contributed by atoms with Gasteiger partial charge in [0.2, 0.25) is 0 Å². The number of rotatable bonds is 4. The molecule has 2 aromatic rings. The lowest BCUT2D eigenvalue weighted by atomic mass is 10.0. The quantitative estimate of drug-likeness (QED) is 0.902. The fraction of sp³-hybridized carbons (Fsp3) is 0.357. The Kier molecular flexibility index (Phi) is 3.77. The van der Waals surface area contributed by atoms with Gasteiger partial charge >= 0.3 is 0 Å². The second-order valence-corrected chi connectivity index (χ2v) is 4.26. The molecule has 0 aliphatic carbocycles. The second-order valence-electron chi connectivity index (χ2n) is 4.26. The van der Waals surface area contributed by atoms with Crippen LogP contribution in [0, 0.1) is 5.82 Å². The molecule has 0 fully saturated rings. The maximum absolute atomic E-state index is 13.2. The third-order valence-corrected chi connectivity index (χ3v) is 3.05. The molecule has 0 saturated carbocycles. The first-order valence-electron chi connectivity index (χ1n) is 6.23. The van der Waals surface area contributed by atoms with Crippen molar-refractivity contribution in [2.45, 2.75) is 32.9 Å². The van der Waals surface area contributed by atoms with Gasteiger partial charge in [-0.1, -0.05) is 19.1 Å². The molecule has 4 heteroatoms. The molecule has 2 N–H and O–H groups in total. The molecule has 1 aromatic heterocycles. The number of nitrogens with zero attached hydrogens (tertiary/aromatic N) is 2. The van der Waals surface area contributed by atoms with Crippen LogP contribution in [0.4, 0.5) is 4.39 Å². The Bertz CT molecular complexity index is 534. The molecule has 0 radical (unpaired) electrons. The third-order valence-electron chi connectivity index (χ3n) is 3.05. The lowest BCUT2D eigenvalue weighted by molar-refractivity contribution is 0.590. The van der Waals surface area contributed by atoms with Crippen molar-refractivity contribution < 1.29 is 4.39 Å². The average molecular weight is 247 g/mol. The summed E-state index contributed by atoms with van der Waals surface area (Å²) in [4.78, 5) is 0. The Morgan fingerprint density at radius 1 is 1.33 bits per heavy atom. The van der Waals surface area contributed by atoms with Crippen molar-refractivity contribution in [1.82, 2.24) is 9.78 Å². The maximum Gasteiger partial charge on any atom is 0.123 e. The summed E-state index contributed by atoms with van der Waals surface area (Å²) >= 11 is 0. The first-order chi connectivity index (χ1) is 8.65. The van der Waals surface area contributed by atoms with E-state index in [1.807, 2.05) is 23.7 Å². The molecule has 0 spiro atoms. The van der Waals surface area contributed by atoms with Gasteiger partial charge in [-0.3, -0.25) is 4.68 Å². The summed E-state index contributed by atoms with van der Waals surface area (Å²) in [6.07, 6.45) is 0.871. The Balaban J connectivity index is 2.38. The molecule has 0 aliphatic rings. The fourth-order valence-corrected chi connectivity index (χ4v) is 2.03. The van der Waals surface area contributed by atoms with Crippen LogP contribution in [0.25, 0.3) is 0 Å². The highest BCUT2D eigenvalue weighted by Crippen LogP contribution is 2.21. The molecule has 0 aliphatic heterocycles. The topological polar surface area (TPSA) is 43.8 Å². The molecule has 0 bridgehead atoms. The highest BCUT2D eigenvalue weighted by atomic mass is 19.1. The van der Waals surface area contributed by atoms with Crippen LogP contribution in [0.2, 0.25) is 0 Å². The SMILES string of the molecule is CCc1cc(C(N)c2cccc(F)c2)n(CC)n1. The zero-order valence-electron chi connectivity index (χ0n) is 10.7. The van der Waals surface area contributed by atoms with Crippen LogP contribution in [0.3, 0.4) is 0 Å². The molecule has 1 heterocycles. The molecule has 2 rings (SSSR count). The number of hydrogen-bond acceptors (Lipinski definition) is 2. The lowest BCUT2D eigenvalue weighted by Gasteiger charge is -2.13. The molecular formula is C14H18FN3. The number of nitrogens with two attached hydrogens (primary N) is 1. The summed E-state index contributed by atoms with van der Waals surface area (Å²) in [5.74, 6) is -0.263. The van der Waals surface area contributed by atoms with E-state index in [-0.39, 0.29) is 11.9 Å². The van der Waals surface area contributed by atoms with E-state index < -0.39 is 0 Å². The summed E-state index contributed by atoms with van der Waals surface area (Å²) in [6, 6.07) is 8.07. The standard InChI is InChI=1S/C14H18FN3/c1-3-12-9-13(18(4-2)17-12)14(16)10-6-5-7-11(15)8-10/h5-9,14H,3-4,16H2,1-2H3. The normalized spacial score (nSPS) is 12.7. The van der Waals surface area contributed by atoms with Crippen molar-refractivity contribution in [3.8, 4) is 0 Å². The third kappa shape index (κ3) is 2.43. The van der Waals surface area contributed by atoms with Crippen molar-refractivity contribution in [3.63, 3.8) is 0 Å². The van der Waals surface area contributed by atoms with E-state index in [0.29, 0.717) is 0 Å². The van der Waals surface area contributed by atoms with E-state index in [9.17, 15) is 4.39 Å². The molecule has 0 saturated heterocycles. The average Bonchev–Trinajstić information content (AvgIpc) is 2.81. The van der Waals surface area contributed by atoms with Crippen LogP contribution in [-0.4, -0.2) is 9.78 Å². The maximum atomic E-state index is 13.2. The fourth-order valence-electron chi connectivity index (χ4n) is 2.03. The van der Waals surface area contributed by atoms with Gasteiger partial charge in [-0.15, -0.1) is 0 Å². The number of halogens is 1. The molecular weight excluding hydrogens is 229 g/mol. The van der Waals surface area contributed by atoms with E-state index in [4.69, 9.17) is 5.73 Å². The number of benzene rings is 1. The van der Waals surface area contributed by atoms with Crippen LogP contribution < -0.4 is 5.73 Å². The van der Waals surface area contributed by atoms with Gasteiger partial charge in [0, 0.05) is 6.54 Å². The molecule has 18 heavy (non-hydrogen) atoms.